The lowest BCUT2D eigenvalue weighted by Gasteiger charge is -2.21. The Morgan fingerprint density at radius 2 is 2.20 bits per heavy atom. The number of likely N-dealkylation sites (tertiary alicyclic amines) is 1. The van der Waals surface area contributed by atoms with Crippen LogP contribution in [0.3, 0.4) is 0 Å². The largest absolute Gasteiger partial charge is 0.310 e. The molecule has 1 aliphatic carbocycles. The van der Waals surface area contributed by atoms with Gasteiger partial charge in [-0.25, -0.2) is 0 Å². The summed E-state index contributed by atoms with van der Waals surface area (Å²) in [6, 6.07) is 11.0. The lowest BCUT2D eigenvalue weighted by molar-refractivity contribution is 0.254. The van der Waals surface area contributed by atoms with E-state index in [4.69, 9.17) is 11.6 Å². The van der Waals surface area contributed by atoms with Gasteiger partial charge in [0.15, 0.2) is 0 Å². The average molecular weight is 293 g/mol. The predicted octanol–water partition coefficient (Wildman–Crippen LogP) is 3.49. The molecule has 2 nitrogen and oxygen atoms in total. The molecule has 0 aromatic heterocycles. The Bertz CT molecular complexity index is 458. The van der Waals surface area contributed by atoms with Gasteiger partial charge in [-0.05, 0) is 57.2 Å². The first-order chi connectivity index (χ1) is 9.61. The van der Waals surface area contributed by atoms with Crippen molar-refractivity contribution in [2.75, 3.05) is 6.54 Å². The molecule has 1 aromatic rings. The zero-order valence-corrected chi connectivity index (χ0v) is 13.2. The molecule has 0 amide bonds. The van der Waals surface area contributed by atoms with Crippen LogP contribution in [0, 0.1) is 0 Å². The number of rotatable bonds is 5. The Hall–Kier alpha value is -0.570. The van der Waals surface area contributed by atoms with Gasteiger partial charge in [0.1, 0.15) is 0 Å². The van der Waals surface area contributed by atoms with Crippen LogP contribution in [0.2, 0.25) is 5.02 Å². The third-order valence-corrected chi connectivity index (χ3v) is 4.83. The highest BCUT2D eigenvalue weighted by atomic mass is 35.5. The summed E-state index contributed by atoms with van der Waals surface area (Å²) in [7, 11) is 0. The molecule has 1 saturated carbocycles. The highest BCUT2D eigenvalue weighted by molar-refractivity contribution is 6.30. The number of hydrogen-bond acceptors (Lipinski definition) is 2. The van der Waals surface area contributed by atoms with Gasteiger partial charge in [-0.3, -0.25) is 4.90 Å². The maximum Gasteiger partial charge on any atom is 0.0408 e. The van der Waals surface area contributed by atoms with Crippen molar-refractivity contribution in [1.29, 1.82) is 0 Å². The Labute approximate surface area is 127 Å². The van der Waals surface area contributed by atoms with Crippen molar-refractivity contribution in [2.24, 2.45) is 0 Å². The van der Waals surface area contributed by atoms with Gasteiger partial charge in [-0.1, -0.05) is 23.7 Å². The zero-order chi connectivity index (χ0) is 14.1. The molecule has 3 heteroatoms. The van der Waals surface area contributed by atoms with Gasteiger partial charge in [-0.2, -0.15) is 0 Å². The van der Waals surface area contributed by atoms with Gasteiger partial charge in [-0.15, -0.1) is 0 Å². The summed E-state index contributed by atoms with van der Waals surface area (Å²) in [6.07, 6.45) is 5.16. The molecule has 1 aromatic carbocycles. The second-order valence-corrected chi connectivity index (χ2v) is 7.05. The fraction of sp³-hybridized carbons (Fsp3) is 0.647. The Balaban J connectivity index is 1.50. The molecule has 0 radical (unpaired) electrons. The van der Waals surface area contributed by atoms with E-state index in [0.29, 0.717) is 12.1 Å². The smallest absolute Gasteiger partial charge is 0.0408 e. The van der Waals surface area contributed by atoms with E-state index in [0.717, 1.165) is 23.5 Å². The Kier molecular flexibility index (Phi) is 4.34. The minimum atomic E-state index is 0.504. The predicted molar refractivity (Wildman–Crippen MR) is 85.3 cm³/mol. The molecule has 0 bridgehead atoms. The van der Waals surface area contributed by atoms with Gasteiger partial charge < -0.3 is 5.32 Å². The summed E-state index contributed by atoms with van der Waals surface area (Å²) in [6.45, 7) is 5.89. The molecular formula is C17H25ClN2. The van der Waals surface area contributed by atoms with Crippen molar-refractivity contribution in [3.05, 3.63) is 34.9 Å². The highest BCUT2D eigenvalue weighted by Crippen LogP contribution is 2.33. The van der Waals surface area contributed by atoms with Crippen LogP contribution in [0.15, 0.2) is 24.3 Å². The first kappa shape index (κ1) is 14.4. The minimum Gasteiger partial charge on any atom is -0.310 e. The lowest BCUT2D eigenvalue weighted by atomic mass is 10.1. The third-order valence-electron chi connectivity index (χ3n) is 4.59. The number of nitrogens with zero attached hydrogens (tertiary/aromatic N) is 1. The summed E-state index contributed by atoms with van der Waals surface area (Å²) < 4.78 is 0. The molecule has 3 atom stereocenters. The fourth-order valence-electron chi connectivity index (χ4n) is 3.57. The van der Waals surface area contributed by atoms with Gasteiger partial charge >= 0.3 is 0 Å². The van der Waals surface area contributed by atoms with Crippen LogP contribution < -0.4 is 5.32 Å². The maximum absolute atomic E-state index is 6.05. The second kappa shape index (κ2) is 6.05. The normalized spacial score (nSPS) is 28.8. The molecule has 3 unspecified atom stereocenters. The fourth-order valence-corrected chi connectivity index (χ4v) is 3.78. The van der Waals surface area contributed by atoms with E-state index in [1.54, 1.807) is 0 Å². The van der Waals surface area contributed by atoms with E-state index in [-0.39, 0.29) is 0 Å². The van der Waals surface area contributed by atoms with Crippen LogP contribution in [0.4, 0.5) is 0 Å². The summed E-state index contributed by atoms with van der Waals surface area (Å²) in [5.74, 6) is 0. The van der Waals surface area contributed by atoms with E-state index in [9.17, 15) is 0 Å². The molecule has 1 aliphatic heterocycles. The SMILES string of the molecule is CC(Cc1cccc(Cl)c1)NC1CC(C)N(C2CC2)C1. The molecule has 2 fully saturated rings. The third kappa shape index (κ3) is 3.55. The Morgan fingerprint density at radius 3 is 2.90 bits per heavy atom. The van der Waals surface area contributed by atoms with Crippen LogP contribution in [0.1, 0.15) is 38.7 Å². The molecule has 1 saturated heterocycles. The van der Waals surface area contributed by atoms with Gasteiger partial charge in [0.2, 0.25) is 0 Å². The summed E-state index contributed by atoms with van der Waals surface area (Å²) in [5.41, 5.74) is 1.32. The van der Waals surface area contributed by atoms with Gasteiger partial charge in [0.25, 0.3) is 0 Å². The van der Waals surface area contributed by atoms with Crippen molar-refractivity contribution in [1.82, 2.24) is 10.2 Å². The first-order valence-electron chi connectivity index (χ1n) is 7.88. The van der Waals surface area contributed by atoms with Crippen molar-refractivity contribution < 1.29 is 0 Å². The minimum absolute atomic E-state index is 0.504. The van der Waals surface area contributed by atoms with Crippen molar-refractivity contribution in [3.63, 3.8) is 0 Å². The van der Waals surface area contributed by atoms with Gasteiger partial charge in [0.05, 0.1) is 0 Å². The van der Waals surface area contributed by atoms with Crippen molar-refractivity contribution in [2.45, 2.75) is 63.7 Å². The number of hydrogen-bond donors (Lipinski definition) is 1. The molecule has 20 heavy (non-hydrogen) atoms. The zero-order valence-electron chi connectivity index (χ0n) is 12.5. The molecule has 2 aliphatic rings. The molecule has 0 spiro atoms. The van der Waals surface area contributed by atoms with Crippen LogP contribution in [-0.2, 0) is 6.42 Å². The summed E-state index contributed by atoms with van der Waals surface area (Å²) in [5, 5.41) is 4.64. The Morgan fingerprint density at radius 1 is 1.40 bits per heavy atom. The van der Waals surface area contributed by atoms with E-state index in [1.165, 1.54) is 31.4 Å². The van der Waals surface area contributed by atoms with E-state index in [1.807, 2.05) is 12.1 Å². The number of halogens is 1. The molecule has 110 valence electrons. The van der Waals surface area contributed by atoms with E-state index >= 15 is 0 Å². The molecule has 3 rings (SSSR count). The molecule has 1 heterocycles. The number of nitrogens with one attached hydrogen (secondary N) is 1. The topological polar surface area (TPSA) is 15.3 Å². The molecular weight excluding hydrogens is 268 g/mol. The monoisotopic (exact) mass is 292 g/mol. The standard InChI is InChI=1S/C17H25ClN2/c1-12(8-14-4-3-5-15(18)10-14)19-16-9-13(2)20(11-16)17-6-7-17/h3-5,10,12-13,16-17,19H,6-9,11H2,1-2H3. The first-order valence-corrected chi connectivity index (χ1v) is 8.26. The van der Waals surface area contributed by atoms with E-state index < -0.39 is 0 Å². The maximum atomic E-state index is 6.05. The van der Waals surface area contributed by atoms with Crippen LogP contribution in [-0.4, -0.2) is 35.6 Å². The van der Waals surface area contributed by atoms with Gasteiger partial charge in [0, 0.05) is 35.7 Å². The summed E-state index contributed by atoms with van der Waals surface area (Å²) in [4.78, 5) is 2.70. The molecule has 1 N–H and O–H groups in total. The van der Waals surface area contributed by atoms with E-state index in [2.05, 4.69) is 36.2 Å². The van der Waals surface area contributed by atoms with Crippen molar-refractivity contribution in [3.8, 4) is 0 Å². The van der Waals surface area contributed by atoms with Crippen molar-refractivity contribution >= 4 is 11.6 Å². The number of benzene rings is 1. The summed E-state index contributed by atoms with van der Waals surface area (Å²) >= 11 is 6.05. The van der Waals surface area contributed by atoms with Crippen LogP contribution >= 0.6 is 11.6 Å². The average Bonchev–Trinajstić information content (AvgIpc) is 3.14. The van der Waals surface area contributed by atoms with Crippen LogP contribution in [0.5, 0.6) is 0 Å². The van der Waals surface area contributed by atoms with Crippen LogP contribution in [0.25, 0.3) is 0 Å². The quantitative estimate of drug-likeness (QED) is 0.894. The highest BCUT2D eigenvalue weighted by Gasteiger charge is 2.38. The second-order valence-electron chi connectivity index (χ2n) is 6.61. The lowest BCUT2D eigenvalue weighted by Crippen LogP contribution is -2.40.